The van der Waals surface area contributed by atoms with Crippen molar-refractivity contribution in [2.45, 2.75) is 76.8 Å². The third kappa shape index (κ3) is 6.18. The van der Waals surface area contributed by atoms with Gasteiger partial charge < -0.3 is 19.4 Å². The number of hydrogen-bond donors (Lipinski definition) is 1. The summed E-state index contributed by atoms with van der Waals surface area (Å²) in [5.41, 5.74) is 5.75. The Balaban J connectivity index is 0.811. The van der Waals surface area contributed by atoms with Gasteiger partial charge in [-0.1, -0.05) is 17.7 Å². The third-order valence-electron chi connectivity index (χ3n) is 11.7. The van der Waals surface area contributed by atoms with Gasteiger partial charge in [0.2, 0.25) is 11.8 Å². The first-order chi connectivity index (χ1) is 25.0. The first-order valence-electron chi connectivity index (χ1n) is 18.0. The van der Waals surface area contributed by atoms with Gasteiger partial charge in [0, 0.05) is 68.6 Å². The molecule has 0 radical (unpaired) electrons. The van der Waals surface area contributed by atoms with E-state index < -0.39 is 11.6 Å². The number of carbonyl (C=O) groups excluding carboxylic acids is 4. The number of nitrogens with zero attached hydrogens (tertiary/aromatic N) is 5. The van der Waals surface area contributed by atoms with E-state index in [2.05, 4.69) is 27.3 Å². The van der Waals surface area contributed by atoms with Crippen LogP contribution in [0.2, 0.25) is 5.02 Å². The Morgan fingerprint density at radius 2 is 1.69 bits per heavy atom. The lowest BCUT2D eigenvalue weighted by Gasteiger charge is -2.54. The summed E-state index contributed by atoms with van der Waals surface area (Å²) in [7, 11) is 0. The van der Waals surface area contributed by atoms with Crippen molar-refractivity contribution in [3.8, 4) is 11.8 Å². The van der Waals surface area contributed by atoms with E-state index in [1.165, 1.54) is 11.1 Å². The van der Waals surface area contributed by atoms with Crippen molar-refractivity contribution in [3.63, 3.8) is 0 Å². The number of imide groups is 1. The summed E-state index contributed by atoms with van der Waals surface area (Å²) in [6, 6.07) is 18.6. The number of piperidine rings is 2. The molecule has 3 fully saturated rings. The van der Waals surface area contributed by atoms with Crippen molar-refractivity contribution in [1.29, 1.82) is 5.26 Å². The molecule has 11 nitrogen and oxygen atoms in total. The lowest BCUT2D eigenvalue weighted by molar-refractivity contribution is -0.136. The topological polar surface area (TPSA) is 126 Å². The molecule has 0 aromatic heterocycles. The molecular weight excluding hydrogens is 680 g/mol. The Morgan fingerprint density at radius 3 is 2.37 bits per heavy atom. The number of amides is 4. The Kier molecular flexibility index (Phi) is 8.71. The number of nitrogens with one attached hydrogen (secondary N) is 1. The molecular formula is C40H41ClN6O5. The zero-order chi connectivity index (χ0) is 36.3. The van der Waals surface area contributed by atoms with Crippen molar-refractivity contribution >= 4 is 40.9 Å². The Morgan fingerprint density at radius 1 is 0.962 bits per heavy atom. The smallest absolute Gasteiger partial charge is 0.255 e. The fraction of sp³-hybridized carbons (Fsp3) is 0.425. The number of ether oxygens (including phenoxy) is 1. The highest BCUT2D eigenvalue weighted by Crippen LogP contribution is 2.37. The molecule has 3 saturated heterocycles. The molecule has 5 aliphatic rings. The average molecular weight is 721 g/mol. The standard InChI is InChI=1S/C40H41ClN6O5/c1-40(2)35(52-31-8-5-26(18-42)33(41)17-31)23-47(40)38(50)25-3-6-30(7-4-25)45-13-11-24(12-14-45)19-44-20-27-15-29-22-46(34-9-10-36(48)43-37(34)49)39(51)32(29)16-28(27)21-44/h3-8,15-17,24,34-35H,9-14,19-23H2,1-2H3,(H,43,48,49)/t34?,35-/m0/s1. The predicted molar refractivity (Wildman–Crippen MR) is 194 cm³/mol. The van der Waals surface area contributed by atoms with E-state index in [4.69, 9.17) is 21.6 Å². The quantitative estimate of drug-likeness (QED) is 0.343. The van der Waals surface area contributed by atoms with Crippen LogP contribution in [0.25, 0.3) is 0 Å². The molecule has 3 aromatic carbocycles. The first kappa shape index (κ1) is 34.2. The number of carbonyl (C=O) groups is 4. The highest BCUT2D eigenvalue weighted by molar-refractivity contribution is 6.31. The van der Waals surface area contributed by atoms with E-state index in [0.717, 1.165) is 56.8 Å². The minimum Gasteiger partial charge on any atom is -0.486 e. The molecule has 52 heavy (non-hydrogen) atoms. The Bertz CT molecular complexity index is 2020. The van der Waals surface area contributed by atoms with Gasteiger partial charge in [-0.2, -0.15) is 5.26 Å². The maximum Gasteiger partial charge on any atom is 0.255 e. The first-order valence-corrected chi connectivity index (χ1v) is 18.4. The van der Waals surface area contributed by atoms with E-state index >= 15 is 0 Å². The van der Waals surface area contributed by atoms with Crippen molar-refractivity contribution in [1.82, 2.24) is 20.0 Å². The molecule has 0 aliphatic carbocycles. The van der Waals surface area contributed by atoms with Crippen LogP contribution in [-0.4, -0.2) is 82.2 Å². The van der Waals surface area contributed by atoms with Gasteiger partial charge in [0.05, 0.1) is 22.7 Å². The van der Waals surface area contributed by atoms with Gasteiger partial charge in [0.25, 0.3) is 11.8 Å². The SMILES string of the molecule is CC1(C)[C@@H](Oc2ccc(C#N)c(Cl)c2)CN1C(=O)c1ccc(N2CCC(CN3Cc4cc5c(cc4C3)C(=O)N(C3CCC(=O)NC3=O)C5)CC2)cc1. The second-order valence-corrected chi connectivity index (χ2v) is 15.7. The van der Waals surface area contributed by atoms with Crippen LogP contribution in [-0.2, 0) is 29.2 Å². The molecule has 5 aliphatic heterocycles. The van der Waals surface area contributed by atoms with Crippen LogP contribution >= 0.6 is 11.6 Å². The predicted octanol–water partition coefficient (Wildman–Crippen LogP) is 4.89. The van der Waals surface area contributed by atoms with Crippen LogP contribution < -0.4 is 15.0 Å². The zero-order valence-corrected chi connectivity index (χ0v) is 30.1. The normalized spacial score (nSPS) is 22.8. The minimum atomic E-state index is -0.592. The monoisotopic (exact) mass is 720 g/mol. The maximum atomic E-state index is 13.5. The van der Waals surface area contributed by atoms with Gasteiger partial charge in [-0.3, -0.25) is 29.4 Å². The van der Waals surface area contributed by atoms with Crippen molar-refractivity contribution in [2.75, 3.05) is 31.1 Å². The van der Waals surface area contributed by atoms with Crippen LogP contribution in [0.1, 0.15) is 82.5 Å². The lowest BCUT2D eigenvalue weighted by atomic mass is 9.84. The van der Waals surface area contributed by atoms with E-state index in [1.807, 2.05) is 49.1 Å². The number of rotatable bonds is 7. The number of fused-ring (bicyclic) bond motifs is 2. The molecule has 1 N–H and O–H groups in total. The number of benzene rings is 3. The van der Waals surface area contributed by atoms with Crippen LogP contribution in [0.3, 0.4) is 0 Å². The number of likely N-dealkylation sites (tertiary alicyclic amines) is 1. The molecule has 5 heterocycles. The molecule has 0 bridgehead atoms. The molecule has 12 heteroatoms. The number of nitriles is 1. The molecule has 2 atom stereocenters. The van der Waals surface area contributed by atoms with Crippen molar-refractivity contribution in [3.05, 3.63) is 93.0 Å². The molecule has 4 amide bonds. The van der Waals surface area contributed by atoms with Gasteiger partial charge in [-0.05, 0) is 98.2 Å². The summed E-state index contributed by atoms with van der Waals surface area (Å²) in [5.74, 6) is 0.351. The molecule has 1 unspecified atom stereocenters. The van der Waals surface area contributed by atoms with Crippen LogP contribution in [0.4, 0.5) is 5.69 Å². The number of halogens is 1. The average Bonchev–Trinajstić information content (AvgIpc) is 3.67. The van der Waals surface area contributed by atoms with E-state index in [9.17, 15) is 19.2 Å². The van der Waals surface area contributed by atoms with Gasteiger partial charge in [0.1, 0.15) is 24.0 Å². The molecule has 0 spiro atoms. The zero-order valence-electron chi connectivity index (χ0n) is 29.4. The summed E-state index contributed by atoms with van der Waals surface area (Å²) in [6.45, 7) is 9.44. The van der Waals surface area contributed by atoms with E-state index in [0.29, 0.717) is 52.9 Å². The number of anilines is 1. The fourth-order valence-electron chi connectivity index (χ4n) is 8.42. The molecule has 268 valence electrons. The summed E-state index contributed by atoms with van der Waals surface area (Å²) >= 11 is 6.18. The van der Waals surface area contributed by atoms with E-state index in [1.54, 1.807) is 23.1 Å². The third-order valence-corrected chi connectivity index (χ3v) is 12.0. The van der Waals surface area contributed by atoms with Gasteiger partial charge in [0.15, 0.2) is 0 Å². The van der Waals surface area contributed by atoms with Crippen LogP contribution in [0, 0.1) is 17.2 Å². The Hall–Kier alpha value is -4.92. The lowest BCUT2D eigenvalue weighted by Crippen LogP contribution is -2.71. The van der Waals surface area contributed by atoms with Crippen LogP contribution in [0.15, 0.2) is 54.6 Å². The van der Waals surface area contributed by atoms with Crippen LogP contribution in [0.5, 0.6) is 5.75 Å². The fourth-order valence-corrected chi connectivity index (χ4v) is 8.63. The molecule has 8 rings (SSSR count). The van der Waals surface area contributed by atoms with Crippen molar-refractivity contribution < 1.29 is 23.9 Å². The van der Waals surface area contributed by atoms with Gasteiger partial charge in [-0.25, -0.2) is 0 Å². The molecule has 3 aromatic rings. The summed E-state index contributed by atoms with van der Waals surface area (Å²) in [4.78, 5) is 59.1. The largest absolute Gasteiger partial charge is 0.486 e. The maximum absolute atomic E-state index is 13.5. The second-order valence-electron chi connectivity index (χ2n) is 15.3. The number of hydrogen-bond acceptors (Lipinski definition) is 8. The minimum absolute atomic E-state index is 0.0270. The Labute approximate surface area is 308 Å². The highest BCUT2D eigenvalue weighted by atomic mass is 35.5. The highest BCUT2D eigenvalue weighted by Gasteiger charge is 2.51. The second kappa shape index (κ2) is 13.2. The summed E-state index contributed by atoms with van der Waals surface area (Å²) in [6.07, 6.45) is 2.59. The summed E-state index contributed by atoms with van der Waals surface area (Å²) < 4.78 is 6.15. The van der Waals surface area contributed by atoms with E-state index in [-0.39, 0.29) is 36.2 Å². The van der Waals surface area contributed by atoms with Crippen molar-refractivity contribution in [2.24, 2.45) is 5.92 Å². The van der Waals surface area contributed by atoms with Gasteiger partial charge in [-0.15, -0.1) is 0 Å². The molecule has 0 saturated carbocycles. The van der Waals surface area contributed by atoms with Gasteiger partial charge >= 0.3 is 0 Å². The summed E-state index contributed by atoms with van der Waals surface area (Å²) in [5, 5.41) is 11.9.